The second-order valence-electron chi connectivity index (χ2n) is 2.97. The minimum Gasteiger partial charge on any atom is -0.508 e. The third-order valence-electron chi connectivity index (χ3n) is 1.46. The maximum atomic E-state index is 8.63. The molecule has 0 bridgehead atoms. The molecule has 2 nitrogen and oxygen atoms in total. The Bertz CT molecular complexity index is 195. The van der Waals surface area contributed by atoms with Crippen molar-refractivity contribution < 1.29 is 10.2 Å². The third kappa shape index (κ3) is 8.89. The van der Waals surface area contributed by atoms with Gasteiger partial charge in [-0.1, -0.05) is 31.5 Å². The van der Waals surface area contributed by atoms with Crippen molar-refractivity contribution in [1.29, 1.82) is 0 Å². The molecule has 0 aliphatic carbocycles. The van der Waals surface area contributed by atoms with E-state index in [-0.39, 0.29) is 6.10 Å². The van der Waals surface area contributed by atoms with E-state index in [0.29, 0.717) is 5.75 Å². The van der Waals surface area contributed by atoms with Crippen molar-refractivity contribution in [2.75, 3.05) is 0 Å². The minimum atomic E-state index is -0.102. The fraction of sp³-hybridized carbons (Fsp3) is 0.455. The molecule has 0 aromatic heterocycles. The van der Waals surface area contributed by atoms with Gasteiger partial charge in [0, 0.05) is 0 Å². The summed E-state index contributed by atoms with van der Waals surface area (Å²) in [6.07, 6.45) is 1.91. The van der Waals surface area contributed by atoms with Crippen LogP contribution in [0.4, 0.5) is 0 Å². The molecule has 0 radical (unpaired) electrons. The Labute approximate surface area is 79.9 Å². The number of hydrogen-bond acceptors (Lipinski definition) is 2. The van der Waals surface area contributed by atoms with E-state index in [1.54, 1.807) is 24.3 Å². The first-order chi connectivity index (χ1) is 6.16. The fourth-order valence-corrected chi connectivity index (χ4v) is 0.846. The summed E-state index contributed by atoms with van der Waals surface area (Å²) in [5, 5.41) is 17.2. The average Bonchev–Trinajstić information content (AvgIpc) is 2.06. The molecule has 0 saturated carbocycles. The number of aromatic hydroxyl groups is 1. The zero-order valence-electron chi connectivity index (χ0n) is 8.27. The van der Waals surface area contributed by atoms with Crippen LogP contribution in [0.3, 0.4) is 0 Å². The number of aliphatic hydroxyl groups is 1. The molecule has 0 heterocycles. The molecule has 0 fully saturated rings. The summed E-state index contributed by atoms with van der Waals surface area (Å²) in [6, 6.07) is 8.71. The Kier molecular flexibility index (Phi) is 7.02. The Morgan fingerprint density at radius 3 is 1.92 bits per heavy atom. The number of benzene rings is 1. The molecule has 2 heteroatoms. The Morgan fingerprint density at radius 1 is 1.23 bits per heavy atom. The largest absolute Gasteiger partial charge is 0.508 e. The predicted octanol–water partition coefficient (Wildman–Crippen LogP) is 2.56. The van der Waals surface area contributed by atoms with Crippen LogP contribution < -0.4 is 0 Å². The van der Waals surface area contributed by atoms with Gasteiger partial charge < -0.3 is 10.2 Å². The van der Waals surface area contributed by atoms with Gasteiger partial charge in [-0.15, -0.1) is 0 Å². The van der Waals surface area contributed by atoms with Crippen molar-refractivity contribution >= 4 is 0 Å². The quantitative estimate of drug-likeness (QED) is 0.738. The molecule has 0 aliphatic rings. The molecule has 0 spiro atoms. The van der Waals surface area contributed by atoms with Gasteiger partial charge in [0.2, 0.25) is 0 Å². The Morgan fingerprint density at radius 2 is 1.77 bits per heavy atom. The van der Waals surface area contributed by atoms with Crippen molar-refractivity contribution in [3.05, 3.63) is 30.3 Å². The van der Waals surface area contributed by atoms with Crippen LogP contribution in [-0.2, 0) is 0 Å². The second kappa shape index (κ2) is 7.62. The molecular weight excluding hydrogens is 164 g/mol. The van der Waals surface area contributed by atoms with Crippen LogP contribution in [0.2, 0.25) is 0 Å². The van der Waals surface area contributed by atoms with E-state index in [0.717, 1.165) is 12.8 Å². The second-order valence-corrected chi connectivity index (χ2v) is 2.97. The van der Waals surface area contributed by atoms with Gasteiger partial charge in [-0.3, -0.25) is 0 Å². The number of hydrogen-bond donors (Lipinski definition) is 2. The van der Waals surface area contributed by atoms with E-state index in [2.05, 4.69) is 6.92 Å². The zero-order valence-corrected chi connectivity index (χ0v) is 8.27. The maximum absolute atomic E-state index is 8.63. The molecule has 1 atom stereocenters. The highest BCUT2D eigenvalue weighted by molar-refractivity contribution is 5.18. The summed E-state index contributed by atoms with van der Waals surface area (Å²) >= 11 is 0. The van der Waals surface area contributed by atoms with Gasteiger partial charge in [0.1, 0.15) is 5.75 Å². The van der Waals surface area contributed by atoms with Crippen LogP contribution in [0, 0.1) is 0 Å². The normalized spacial score (nSPS) is 11.3. The van der Waals surface area contributed by atoms with Gasteiger partial charge in [-0.2, -0.15) is 0 Å². The van der Waals surface area contributed by atoms with Crippen LogP contribution in [0.1, 0.15) is 26.7 Å². The van der Waals surface area contributed by atoms with Gasteiger partial charge in [-0.05, 0) is 25.5 Å². The molecule has 0 saturated heterocycles. The van der Waals surface area contributed by atoms with Crippen molar-refractivity contribution in [3.8, 4) is 5.75 Å². The maximum Gasteiger partial charge on any atom is 0.115 e. The number of phenolic OH excluding ortho intramolecular Hbond substituents is 1. The van der Waals surface area contributed by atoms with Gasteiger partial charge in [-0.25, -0.2) is 0 Å². The SMILES string of the molecule is CCCC(C)O.Oc1ccccc1. The van der Waals surface area contributed by atoms with Gasteiger partial charge in [0.15, 0.2) is 0 Å². The Balaban J connectivity index is 0.000000226. The van der Waals surface area contributed by atoms with E-state index < -0.39 is 0 Å². The lowest BCUT2D eigenvalue weighted by Gasteiger charge is -1.95. The molecule has 1 aromatic rings. The van der Waals surface area contributed by atoms with Crippen molar-refractivity contribution in [1.82, 2.24) is 0 Å². The first-order valence-electron chi connectivity index (χ1n) is 4.59. The lowest BCUT2D eigenvalue weighted by Crippen LogP contribution is -1.95. The smallest absolute Gasteiger partial charge is 0.115 e. The highest BCUT2D eigenvalue weighted by atomic mass is 16.3. The molecule has 0 amide bonds. The van der Waals surface area contributed by atoms with Gasteiger partial charge >= 0.3 is 0 Å². The molecule has 74 valence electrons. The highest BCUT2D eigenvalue weighted by Gasteiger charge is 1.87. The van der Waals surface area contributed by atoms with Crippen LogP contribution in [0.25, 0.3) is 0 Å². The summed E-state index contributed by atoms with van der Waals surface area (Å²) in [7, 11) is 0. The topological polar surface area (TPSA) is 40.5 Å². The van der Waals surface area contributed by atoms with Gasteiger partial charge in [0.05, 0.1) is 6.10 Å². The van der Waals surface area contributed by atoms with Gasteiger partial charge in [0.25, 0.3) is 0 Å². The number of phenols is 1. The third-order valence-corrected chi connectivity index (χ3v) is 1.46. The first kappa shape index (κ1) is 12.0. The lowest BCUT2D eigenvalue weighted by atomic mass is 10.2. The van der Waals surface area contributed by atoms with Crippen molar-refractivity contribution in [2.45, 2.75) is 32.8 Å². The van der Waals surface area contributed by atoms with E-state index in [1.807, 2.05) is 13.0 Å². The fourth-order valence-electron chi connectivity index (χ4n) is 0.846. The molecule has 1 aromatic carbocycles. The van der Waals surface area contributed by atoms with Crippen molar-refractivity contribution in [3.63, 3.8) is 0 Å². The standard InChI is InChI=1S/C6H6O.C5H12O/c7-6-4-2-1-3-5-6;1-3-4-5(2)6/h1-5,7H;5-6H,3-4H2,1-2H3. The van der Waals surface area contributed by atoms with E-state index in [4.69, 9.17) is 10.2 Å². The van der Waals surface area contributed by atoms with E-state index >= 15 is 0 Å². The monoisotopic (exact) mass is 182 g/mol. The molecule has 1 unspecified atom stereocenters. The molecule has 13 heavy (non-hydrogen) atoms. The summed E-state index contributed by atoms with van der Waals surface area (Å²) in [6.45, 7) is 3.87. The summed E-state index contributed by atoms with van der Waals surface area (Å²) in [4.78, 5) is 0. The molecule has 0 aliphatic heterocycles. The van der Waals surface area contributed by atoms with Crippen LogP contribution in [0.5, 0.6) is 5.75 Å². The minimum absolute atomic E-state index is 0.102. The van der Waals surface area contributed by atoms with Crippen molar-refractivity contribution in [2.24, 2.45) is 0 Å². The molecule has 2 N–H and O–H groups in total. The number of aliphatic hydroxyl groups excluding tert-OH is 1. The van der Waals surface area contributed by atoms with Crippen LogP contribution in [0.15, 0.2) is 30.3 Å². The summed E-state index contributed by atoms with van der Waals surface area (Å²) in [5.74, 6) is 0.322. The van der Waals surface area contributed by atoms with Crippen LogP contribution in [-0.4, -0.2) is 16.3 Å². The zero-order chi connectivity index (χ0) is 10.1. The molecule has 1 rings (SSSR count). The summed E-state index contributed by atoms with van der Waals surface area (Å²) in [5.41, 5.74) is 0. The Hall–Kier alpha value is -1.02. The average molecular weight is 182 g/mol. The number of para-hydroxylation sites is 1. The first-order valence-corrected chi connectivity index (χ1v) is 4.59. The van der Waals surface area contributed by atoms with E-state index in [9.17, 15) is 0 Å². The number of rotatable bonds is 2. The van der Waals surface area contributed by atoms with E-state index in [1.165, 1.54) is 0 Å². The molecular formula is C11H18O2. The van der Waals surface area contributed by atoms with Crippen LogP contribution >= 0.6 is 0 Å². The lowest BCUT2D eigenvalue weighted by molar-refractivity contribution is 0.183. The highest BCUT2D eigenvalue weighted by Crippen LogP contribution is 2.02. The predicted molar refractivity (Wildman–Crippen MR) is 54.7 cm³/mol. The summed E-state index contributed by atoms with van der Waals surface area (Å²) < 4.78 is 0.